The second-order valence-corrected chi connectivity index (χ2v) is 29.3. The van der Waals surface area contributed by atoms with Crippen LogP contribution in [0.15, 0.2) is 23.3 Å². The molecule has 1 aliphatic heterocycles. The summed E-state index contributed by atoms with van der Waals surface area (Å²) in [5.74, 6) is 7.76. The van der Waals surface area contributed by atoms with Crippen molar-refractivity contribution in [3.63, 3.8) is 0 Å². The molecule has 0 saturated heterocycles. The lowest BCUT2D eigenvalue weighted by Crippen LogP contribution is -2.46. The average molecular weight is 1110 g/mol. The fourth-order valence-electron chi connectivity index (χ4n) is 16.0. The largest absolute Gasteiger partial charge is 0.487 e. The van der Waals surface area contributed by atoms with E-state index in [9.17, 15) is 9.59 Å². The van der Waals surface area contributed by atoms with E-state index in [0.717, 1.165) is 147 Å². The molecule has 0 aromatic heterocycles. The second-order valence-electron chi connectivity index (χ2n) is 29.3. The molecule has 0 bridgehead atoms. The molecule has 0 spiro atoms. The lowest BCUT2D eigenvalue weighted by atomic mass is 9.50. The van der Waals surface area contributed by atoms with Gasteiger partial charge in [0, 0.05) is 44.6 Å². The lowest BCUT2D eigenvalue weighted by molar-refractivity contribution is -0.151. The van der Waals surface area contributed by atoms with Crippen LogP contribution in [0.1, 0.15) is 265 Å². The molecular formula is C72H121NO7. The summed E-state index contributed by atoms with van der Waals surface area (Å²) in [7, 11) is 4.12. The van der Waals surface area contributed by atoms with Gasteiger partial charge in [0.05, 0.1) is 12.7 Å². The number of unbranched alkanes of at least 4 members (excludes halogenated alkanes) is 3. The number of hydrogen-bond donors (Lipinski definition) is 0. The summed E-state index contributed by atoms with van der Waals surface area (Å²) in [4.78, 5) is 28.5. The molecule has 4 aliphatic carbocycles. The average Bonchev–Trinajstić information content (AvgIpc) is 3.75. The lowest BCUT2D eigenvalue weighted by Gasteiger charge is -2.55. The van der Waals surface area contributed by atoms with Crippen LogP contribution in [0, 0.1) is 78.9 Å². The summed E-state index contributed by atoms with van der Waals surface area (Å²) in [6, 6.07) is 0. The second kappa shape index (κ2) is 31.5. The maximum absolute atomic E-state index is 13.3. The van der Waals surface area contributed by atoms with Crippen LogP contribution in [0.4, 0.5) is 0 Å². The number of rotatable bonds is 35. The van der Waals surface area contributed by atoms with Gasteiger partial charge in [-0.2, -0.15) is 0 Å². The molecule has 0 radical (unpaired) electrons. The van der Waals surface area contributed by atoms with E-state index in [-0.39, 0.29) is 35.2 Å². The summed E-state index contributed by atoms with van der Waals surface area (Å²) in [5.41, 5.74) is 8.10. The topological polar surface area (TPSA) is 83.5 Å². The summed E-state index contributed by atoms with van der Waals surface area (Å²) in [5, 5.41) is 0. The fraction of sp³-hybridized carbons (Fsp3) is 0.833. The Morgan fingerprint density at radius 1 is 0.662 bits per heavy atom. The van der Waals surface area contributed by atoms with Gasteiger partial charge in [-0.15, -0.1) is 0 Å². The van der Waals surface area contributed by atoms with Crippen LogP contribution >= 0.6 is 0 Å². The molecule has 456 valence electrons. The Morgan fingerprint density at radius 2 is 1.31 bits per heavy atom. The maximum atomic E-state index is 13.3. The van der Waals surface area contributed by atoms with Gasteiger partial charge in [0.25, 0.3) is 0 Å². The highest BCUT2D eigenvalue weighted by molar-refractivity contribution is 5.74. The third-order valence-corrected chi connectivity index (χ3v) is 21.2. The Balaban J connectivity index is 0.829. The van der Waals surface area contributed by atoms with E-state index >= 15 is 0 Å². The van der Waals surface area contributed by atoms with Gasteiger partial charge in [-0.05, 0) is 207 Å². The predicted octanol–water partition coefficient (Wildman–Crippen LogP) is 18.6. The first-order valence-electron chi connectivity index (χ1n) is 33.5. The normalized spacial score (nSPS) is 26.9. The standard InChI is InChI=1S/C72H121NO7/c1-50(2)25-21-27-52(5)28-23-29-53(6)30-24-41-70(11)42-39-61-57(10)68(55(8)56(9)69(61)80-70)79-67(75)32-17-16-19-46-77-60(48-73(14)15)49-76-45-20-18-33-66(74)78-59-38-43-71(12)58(47-59)34-35-62-64-37-36-63(54(7)31-22-26-51(3)4)72(64,13)44-40-65(62)71/h34-35,50-54,59-60,63-65H,16-33,36-49H2,1-15H3. The molecule has 80 heavy (non-hydrogen) atoms. The molecule has 1 aromatic carbocycles. The van der Waals surface area contributed by atoms with Crippen LogP contribution in [-0.2, 0) is 30.2 Å². The molecule has 11 unspecified atom stereocenters. The van der Waals surface area contributed by atoms with Crippen LogP contribution in [0.25, 0.3) is 0 Å². The number of nitrogens with zero attached hydrogens (tertiary/aromatic N) is 1. The van der Waals surface area contributed by atoms with Gasteiger partial charge in [0.15, 0.2) is 0 Å². The summed E-state index contributed by atoms with van der Waals surface area (Å²) < 4.78 is 31.6. The zero-order valence-corrected chi connectivity index (χ0v) is 54.4. The number of allylic oxidation sites excluding steroid dienone is 3. The molecule has 1 aromatic rings. The molecule has 6 rings (SSSR count). The minimum atomic E-state index is -0.171. The Labute approximate surface area is 491 Å². The van der Waals surface area contributed by atoms with E-state index in [0.29, 0.717) is 44.0 Å². The predicted molar refractivity (Wildman–Crippen MR) is 333 cm³/mol. The van der Waals surface area contributed by atoms with Crippen LogP contribution < -0.4 is 9.47 Å². The van der Waals surface area contributed by atoms with Crippen molar-refractivity contribution in [3.05, 3.63) is 45.6 Å². The van der Waals surface area contributed by atoms with E-state index < -0.39 is 0 Å². The first-order valence-corrected chi connectivity index (χ1v) is 33.5. The molecule has 11 atom stereocenters. The number of hydrogen-bond acceptors (Lipinski definition) is 8. The number of ether oxygens (including phenoxy) is 5. The quantitative estimate of drug-likeness (QED) is 0.0378. The van der Waals surface area contributed by atoms with Crippen molar-refractivity contribution in [2.24, 2.45) is 58.2 Å². The van der Waals surface area contributed by atoms with Crippen molar-refractivity contribution < 1.29 is 33.3 Å². The van der Waals surface area contributed by atoms with Gasteiger partial charge in [-0.25, -0.2) is 0 Å². The van der Waals surface area contributed by atoms with Gasteiger partial charge in [0.2, 0.25) is 0 Å². The Kier molecular flexibility index (Phi) is 26.1. The van der Waals surface area contributed by atoms with Crippen molar-refractivity contribution >= 4 is 11.9 Å². The van der Waals surface area contributed by atoms with Gasteiger partial charge in [0.1, 0.15) is 23.2 Å². The first-order chi connectivity index (χ1) is 38.0. The molecule has 0 amide bonds. The highest BCUT2D eigenvalue weighted by atomic mass is 16.5. The van der Waals surface area contributed by atoms with E-state index in [2.05, 4.69) is 121 Å². The third-order valence-electron chi connectivity index (χ3n) is 21.2. The fourth-order valence-corrected chi connectivity index (χ4v) is 16.0. The zero-order chi connectivity index (χ0) is 58.2. The Bertz CT molecular complexity index is 2160. The van der Waals surface area contributed by atoms with Gasteiger partial charge in [-0.1, -0.05) is 156 Å². The minimum absolute atomic E-state index is 0.0136. The van der Waals surface area contributed by atoms with Crippen molar-refractivity contribution in [2.75, 3.05) is 40.5 Å². The molecule has 8 nitrogen and oxygen atoms in total. The van der Waals surface area contributed by atoms with Crippen molar-refractivity contribution in [1.29, 1.82) is 0 Å². The summed E-state index contributed by atoms with van der Waals surface area (Å²) in [6.45, 7) is 33.1. The number of carbonyl (C=O) groups excluding carboxylic acids is 2. The van der Waals surface area contributed by atoms with Crippen LogP contribution in [0.3, 0.4) is 0 Å². The number of likely N-dealkylation sites (N-methyl/N-ethyl adjacent to an activating group) is 1. The van der Waals surface area contributed by atoms with Crippen molar-refractivity contribution in [3.8, 4) is 11.5 Å². The Hall–Kier alpha value is -2.68. The maximum Gasteiger partial charge on any atom is 0.311 e. The highest BCUT2D eigenvalue weighted by Gasteiger charge is 2.57. The smallest absolute Gasteiger partial charge is 0.311 e. The molecule has 8 heteroatoms. The van der Waals surface area contributed by atoms with Gasteiger partial charge >= 0.3 is 11.9 Å². The molecule has 3 saturated carbocycles. The number of fused-ring (bicyclic) bond motifs is 6. The van der Waals surface area contributed by atoms with Crippen LogP contribution in [0.2, 0.25) is 0 Å². The molecular weight excluding hydrogens is 991 g/mol. The van der Waals surface area contributed by atoms with Crippen LogP contribution in [0.5, 0.6) is 11.5 Å². The zero-order valence-electron chi connectivity index (χ0n) is 54.4. The van der Waals surface area contributed by atoms with E-state index in [1.165, 1.54) is 107 Å². The third kappa shape index (κ3) is 18.7. The van der Waals surface area contributed by atoms with Crippen molar-refractivity contribution in [1.82, 2.24) is 4.90 Å². The molecule has 3 fully saturated rings. The highest BCUT2D eigenvalue weighted by Crippen LogP contribution is 2.66. The van der Waals surface area contributed by atoms with E-state index in [1.807, 2.05) is 0 Å². The van der Waals surface area contributed by atoms with E-state index in [4.69, 9.17) is 23.7 Å². The van der Waals surface area contributed by atoms with Gasteiger partial charge in [-0.3, -0.25) is 9.59 Å². The molecule has 0 N–H and O–H groups in total. The van der Waals surface area contributed by atoms with Crippen LogP contribution in [-0.4, -0.2) is 75.1 Å². The number of carbonyl (C=O) groups is 2. The number of benzene rings is 1. The molecule has 1 heterocycles. The number of esters is 2. The Morgan fingerprint density at radius 3 is 2.01 bits per heavy atom. The van der Waals surface area contributed by atoms with E-state index in [1.54, 1.807) is 5.57 Å². The summed E-state index contributed by atoms with van der Waals surface area (Å²) >= 11 is 0. The monoisotopic (exact) mass is 1110 g/mol. The molecule has 5 aliphatic rings. The summed E-state index contributed by atoms with van der Waals surface area (Å²) in [6.07, 6.45) is 36.0. The SMILES string of the molecule is Cc1c(C)c2c(c(C)c1OC(=O)CCCCCOC(COCCCCC(=O)OC1CCC3(C)C(=CC=C4C3CCC3(C)C4CCC3C(C)CCCC(C)C)C1)CN(C)C)CCC(C)(CCCC(C)CCCC(C)CCCC(C)C)O2. The minimum Gasteiger partial charge on any atom is -0.487 e. The first kappa shape index (κ1) is 66.5. The van der Waals surface area contributed by atoms with Gasteiger partial charge < -0.3 is 28.6 Å². The van der Waals surface area contributed by atoms with Crippen molar-refractivity contribution in [2.45, 2.75) is 288 Å².